The highest BCUT2D eigenvalue weighted by Crippen LogP contribution is 2.41. The van der Waals surface area contributed by atoms with Crippen LogP contribution in [0.2, 0.25) is 5.02 Å². The average molecular weight is 609 g/mol. The molecule has 3 aromatic rings. The van der Waals surface area contributed by atoms with Crippen molar-refractivity contribution < 1.29 is 32.2 Å². The molecule has 2 aliphatic rings. The van der Waals surface area contributed by atoms with Crippen molar-refractivity contribution in [3.8, 4) is 0 Å². The number of hydrogen-bond donors (Lipinski definition) is 1. The zero-order chi connectivity index (χ0) is 29.1. The van der Waals surface area contributed by atoms with E-state index in [0.717, 1.165) is 12.3 Å². The molecular weight excluding hydrogens is 585 g/mol. The Balaban J connectivity index is 1.54. The summed E-state index contributed by atoms with van der Waals surface area (Å²) in [6.45, 7) is -0.793. The summed E-state index contributed by atoms with van der Waals surface area (Å²) in [5, 5.41) is 9.61. The van der Waals surface area contributed by atoms with Gasteiger partial charge in [0.05, 0.1) is 25.4 Å². The van der Waals surface area contributed by atoms with Crippen molar-refractivity contribution in [2.24, 2.45) is 4.99 Å². The lowest BCUT2D eigenvalue weighted by atomic mass is 9.93. The number of cyclic esters (lactones) is 1. The number of nitrogens with zero attached hydrogens (tertiary/aromatic N) is 5. The minimum absolute atomic E-state index is 0.0364. The summed E-state index contributed by atoms with van der Waals surface area (Å²) in [5.41, 5.74) is 1.34. The van der Waals surface area contributed by atoms with Crippen molar-refractivity contribution in [3.05, 3.63) is 74.8 Å². The van der Waals surface area contributed by atoms with Crippen LogP contribution in [-0.2, 0) is 14.3 Å². The predicted octanol–water partition coefficient (Wildman–Crippen LogP) is 5.19. The number of benzene rings is 1. The highest BCUT2D eigenvalue weighted by atomic mass is 35.5. The van der Waals surface area contributed by atoms with Crippen molar-refractivity contribution in [1.29, 1.82) is 0 Å². The first-order valence-electron chi connectivity index (χ1n) is 12.6. The van der Waals surface area contributed by atoms with Crippen LogP contribution in [0, 0.1) is 5.82 Å². The Labute approximate surface area is 241 Å². The molecule has 216 valence electrons. The van der Waals surface area contributed by atoms with Gasteiger partial charge in [-0.25, -0.2) is 18.9 Å². The fourth-order valence-electron chi connectivity index (χ4n) is 4.57. The van der Waals surface area contributed by atoms with Gasteiger partial charge in [-0.05, 0) is 31.5 Å². The number of ether oxygens (including phenoxy) is 2. The molecule has 4 heterocycles. The summed E-state index contributed by atoms with van der Waals surface area (Å²) in [6, 6.07) is 4.33. The number of aromatic nitrogens is 3. The quantitative estimate of drug-likeness (QED) is 0.315. The van der Waals surface area contributed by atoms with E-state index in [9.17, 15) is 22.8 Å². The number of halogens is 4. The fourth-order valence-corrected chi connectivity index (χ4v) is 5.42. The second-order valence-corrected chi connectivity index (χ2v) is 10.4. The van der Waals surface area contributed by atoms with Crippen molar-refractivity contribution >= 4 is 46.4 Å². The number of carbonyl (C=O) groups is 2. The van der Waals surface area contributed by atoms with E-state index in [1.165, 1.54) is 34.4 Å². The molecule has 1 amide bonds. The number of alkyl halides is 2. The third-order valence-corrected chi connectivity index (χ3v) is 7.48. The molecular formula is C26H24ClF3N6O4S. The third-order valence-electron chi connectivity index (χ3n) is 6.38. The highest BCUT2D eigenvalue weighted by molar-refractivity contribution is 7.11. The molecule has 2 aliphatic heterocycles. The van der Waals surface area contributed by atoms with E-state index in [1.807, 2.05) is 0 Å². The van der Waals surface area contributed by atoms with Gasteiger partial charge in [0.25, 0.3) is 0 Å². The zero-order valence-corrected chi connectivity index (χ0v) is 23.2. The molecule has 2 atom stereocenters. The molecule has 15 heteroatoms. The van der Waals surface area contributed by atoms with E-state index < -0.39 is 30.6 Å². The van der Waals surface area contributed by atoms with Crippen LogP contribution >= 0.6 is 22.9 Å². The molecule has 0 bridgehead atoms. The summed E-state index contributed by atoms with van der Waals surface area (Å²) in [4.78, 5) is 35.2. The first-order valence-corrected chi connectivity index (χ1v) is 13.9. The van der Waals surface area contributed by atoms with Gasteiger partial charge in [-0.2, -0.15) is 13.9 Å². The smallest absolute Gasteiger partial charge is 0.410 e. The molecule has 0 unspecified atom stereocenters. The summed E-state index contributed by atoms with van der Waals surface area (Å²) < 4.78 is 51.9. The predicted molar refractivity (Wildman–Crippen MR) is 144 cm³/mol. The molecule has 41 heavy (non-hydrogen) atoms. The summed E-state index contributed by atoms with van der Waals surface area (Å²) >= 11 is 7.76. The Bertz CT molecular complexity index is 1500. The first kappa shape index (κ1) is 28.6. The number of rotatable bonds is 10. The van der Waals surface area contributed by atoms with Crippen molar-refractivity contribution in [3.63, 3.8) is 0 Å². The van der Waals surface area contributed by atoms with Crippen LogP contribution in [0.4, 0.5) is 18.0 Å². The maximum absolute atomic E-state index is 14.0. The van der Waals surface area contributed by atoms with Crippen LogP contribution in [-0.4, -0.2) is 63.4 Å². The fraction of sp³-hybridized carbons (Fsp3) is 0.346. The second kappa shape index (κ2) is 12.3. The van der Waals surface area contributed by atoms with Crippen LogP contribution in [0.1, 0.15) is 48.6 Å². The van der Waals surface area contributed by atoms with Gasteiger partial charge in [0, 0.05) is 46.1 Å². The van der Waals surface area contributed by atoms with Gasteiger partial charge in [0.1, 0.15) is 18.0 Å². The van der Waals surface area contributed by atoms with E-state index in [-0.39, 0.29) is 49.2 Å². The molecule has 1 aromatic carbocycles. The lowest BCUT2D eigenvalue weighted by Crippen LogP contribution is -2.38. The number of aliphatic imine (C=N–C) groups is 1. The molecule has 0 spiro atoms. The molecule has 2 aromatic heterocycles. The van der Waals surface area contributed by atoms with Crippen LogP contribution in [0.15, 0.2) is 52.7 Å². The van der Waals surface area contributed by atoms with Gasteiger partial charge in [0.15, 0.2) is 10.8 Å². The Kier molecular flexibility index (Phi) is 8.59. The Hall–Kier alpha value is -3.91. The van der Waals surface area contributed by atoms with Crippen LogP contribution < -0.4 is 5.32 Å². The minimum atomic E-state index is -2.89. The number of amides is 1. The van der Waals surface area contributed by atoms with Gasteiger partial charge in [-0.15, -0.1) is 11.3 Å². The van der Waals surface area contributed by atoms with Crippen LogP contribution in [0.3, 0.4) is 0 Å². The molecule has 1 N–H and O–H groups in total. The summed E-state index contributed by atoms with van der Waals surface area (Å²) in [6.07, 6.45) is 1.93. The topological polar surface area (TPSA) is 111 Å². The van der Waals surface area contributed by atoms with E-state index in [2.05, 4.69) is 15.4 Å². The number of amidine groups is 1. The lowest BCUT2D eigenvalue weighted by molar-refractivity contribution is -0.143. The van der Waals surface area contributed by atoms with E-state index in [4.69, 9.17) is 26.1 Å². The summed E-state index contributed by atoms with van der Waals surface area (Å²) in [7, 11) is 0. The van der Waals surface area contributed by atoms with Gasteiger partial charge in [-0.3, -0.25) is 14.7 Å². The molecule has 1 saturated heterocycles. The third kappa shape index (κ3) is 6.38. The molecule has 0 saturated carbocycles. The van der Waals surface area contributed by atoms with E-state index in [1.54, 1.807) is 18.5 Å². The molecule has 0 radical (unpaired) electrons. The highest BCUT2D eigenvalue weighted by Gasteiger charge is 2.36. The molecule has 5 rings (SSSR count). The SMILES string of the molecule is CCOC(=O)CC[C@@H]1CN(CC2=C(c3ccn(C(F)F)n3)[C@H](c3ccc(F)cc3Cl)N=C(c3nccs3)N2)C(=O)O1. The molecule has 10 nitrogen and oxygen atoms in total. The number of hydrogen-bond acceptors (Lipinski definition) is 9. The summed E-state index contributed by atoms with van der Waals surface area (Å²) in [5.74, 6) is -0.596. The second-order valence-electron chi connectivity index (χ2n) is 9.09. The standard InChI is InChI=1S/C26H24ClF3N6O4S/c1-2-39-20(37)6-4-15-12-35(26(38)40-15)13-19-21(18-7-9-36(34-18)25(29)30)22(16-5-3-14(28)11-17(16)27)33-23(32-19)24-31-8-10-41-24/h3,5,7-11,15,22,25H,2,4,6,12-13H2,1H3,(H,32,33)/t15-,22+/m1/s1. The Morgan fingerprint density at radius 1 is 1.34 bits per heavy atom. The van der Waals surface area contributed by atoms with Crippen molar-refractivity contribution in [2.45, 2.75) is 38.5 Å². The van der Waals surface area contributed by atoms with Crippen molar-refractivity contribution in [2.75, 3.05) is 19.7 Å². The number of esters is 1. The Morgan fingerprint density at radius 3 is 2.85 bits per heavy atom. The lowest BCUT2D eigenvalue weighted by Gasteiger charge is -2.29. The normalized spacial score (nSPS) is 18.9. The maximum Gasteiger partial charge on any atom is 0.410 e. The zero-order valence-electron chi connectivity index (χ0n) is 21.6. The molecule has 1 fully saturated rings. The number of nitrogens with one attached hydrogen (secondary N) is 1. The first-order chi connectivity index (χ1) is 19.7. The average Bonchev–Trinajstić information content (AvgIpc) is 3.70. The largest absolute Gasteiger partial charge is 0.466 e. The van der Waals surface area contributed by atoms with Gasteiger partial charge < -0.3 is 14.8 Å². The van der Waals surface area contributed by atoms with E-state index in [0.29, 0.717) is 32.4 Å². The minimum Gasteiger partial charge on any atom is -0.466 e. The monoisotopic (exact) mass is 608 g/mol. The number of carbonyl (C=O) groups excluding carboxylic acids is 2. The van der Waals surface area contributed by atoms with Crippen molar-refractivity contribution in [1.82, 2.24) is 25.0 Å². The Morgan fingerprint density at radius 2 is 2.17 bits per heavy atom. The number of thiazole rings is 1. The van der Waals surface area contributed by atoms with Crippen LogP contribution in [0.5, 0.6) is 0 Å². The molecule has 0 aliphatic carbocycles. The van der Waals surface area contributed by atoms with Gasteiger partial charge in [-0.1, -0.05) is 17.7 Å². The van der Waals surface area contributed by atoms with E-state index >= 15 is 0 Å². The van der Waals surface area contributed by atoms with Gasteiger partial charge in [0.2, 0.25) is 0 Å². The maximum atomic E-state index is 14.0. The van der Waals surface area contributed by atoms with Gasteiger partial charge >= 0.3 is 18.6 Å². The van der Waals surface area contributed by atoms with Crippen LogP contribution in [0.25, 0.3) is 5.57 Å².